The highest BCUT2D eigenvalue weighted by molar-refractivity contribution is 5.93. The highest BCUT2D eigenvalue weighted by Gasteiger charge is 2.40. The molecule has 3 aromatic rings. The number of imidazole rings is 1. The highest BCUT2D eigenvalue weighted by atomic mass is 19.4. The summed E-state index contributed by atoms with van der Waals surface area (Å²) in [6.45, 7) is 1.49. The number of carbonyl (C=O) groups excluding carboxylic acids is 2. The maximum absolute atomic E-state index is 13.8. The fourth-order valence-corrected chi connectivity index (χ4v) is 4.50. The Morgan fingerprint density at radius 3 is 2.48 bits per heavy atom. The molecule has 17 heteroatoms. The Hall–Kier alpha value is -3.79. The van der Waals surface area contributed by atoms with Gasteiger partial charge in [0.2, 0.25) is 11.8 Å². The van der Waals surface area contributed by atoms with E-state index < -0.39 is 74.0 Å². The monoisotopic (exact) mass is 579 g/mol. The summed E-state index contributed by atoms with van der Waals surface area (Å²) in [6, 6.07) is -1.69. The first kappa shape index (κ1) is 29.2. The minimum Gasteiger partial charge on any atom is -0.344 e. The van der Waals surface area contributed by atoms with Crippen molar-refractivity contribution in [2.24, 2.45) is 5.92 Å². The second-order valence-corrected chi connectivity index (χ2v) is 9.60. The topological polar surface area (TPSA) is 127 Å². The van der Waals surface area contributed by atoms with Crippen LogP contribution in [0.1, 0.15) is 78.0 Å². The van der Waals surface area contributed by atoms with Gasteiger partial charge in [-0.3, -0.25) is 9.59 Å². The molecule has 2 N–H and O–H groups in total. The van der Waals surface area contributed by atoms with Gasteiger partial charge in [-0.15, -0.1) is 0 Å². The summed E-state index contributed by atoms with van der Waals surface area (Å²) in [5.41, 5.74) is 0.0779. The lowest BCUT2D eigenvalue weighted by Gasteiger charge is -2.33. The molecule has 0 saturated heterocycles. The maximum Gasteiger partial charge on any atom is 0.389 e. The molecular formula is C23H24F7N7O3. The van der Waals surface area contributed by atoms with Crippen LogP contribution in [0.25, 0.3) is 5.65 Å². The van der Waals surface area contributed by atoms with Crippen LogP contribution in [0, 0.1) is 12.8 Å². The number of hydrogen-bond donors (Lipinski definition) is 2. The quantitative estimate of drug-likeness (QED) is 0.358. The number of fused-ring (bicyclic) bond motifs is 1. The molecule has 4 rings (SSSR count). The molecular weight excluding hydrogens is 555 g/mol. The molecule has 1 saturated carbocycles. The lowest BCUT2D eigenvalue weighted by molar-refractivity contribution is -0.144. The van der Waals surface area contributed by atoms with Gasteiger partial charge >= 0.3 is 6.18 Å². The zero-order chi connectivity index (χ0) is 29.2. The van der Waals surface area contributed by atoms with E-state index in [1.807, 2.05) is 5.32 Å². The van der Waals surface area contributed by atoms with Crippen molar-refractivity contribution in [1.82, 2.24) is 35.5 Å². The third-order valence-electron chi connectivity index (χ3n) is 6.63. The first-order valence-electron chi connectivity index (χ1n) is 12.2. The van der Waals surface area contributed by atoms with E-state index in [1.165, 1.54) is 17.6 Å². The fourth-order valence-electron chi connectivity index (χ4n) is 4.50. The largest absolute Gasteiger partial charge is 0.389 e. The number of aryl methyl sites for hydroxylation is 1. The Bertz CT molecular complexity index is 1350. The van der Waals surface area contributed by atoms with Crippen LogP contribution < -0.4 is 10.6 Å². The van der Waals surface area contributed by atoms with E-state index in [2.05, 4.69) is 30.3 Å². The zero-order valence-electron chi connectivity index (χ0n) is 20.9. The Morgan fingerprint density at radius 1 is 1.18 bits per heavy atom. The summed E-state index contributed by atoms with van der Waals surface area (Å²) < 4.78 is 98.1. The van der Waals surface area contributed by atoms with Gasteiger partial charge in [-0.25, -0.2) is 31.7 Å². The van der Waals surface area contributed by atoms with E-state index in [1.54, 1.807) is 0 Å². The van der Waals surface area contributed by atoms with Gasteiger partial charge in [0, 0.05) is 24.8 Å². The van der Waals surface area contributed by atoms with Crippen molar-refractivity contribution >= 4 is 17.5 Å². The number of nitrogens with zero attached hydrogens (tertiary/aromatic N) is 5. The lowest BCUT2D eigenvalue weighted by Crippen LogP contribution is -2.37. The number of hydrogen-bond acceptors (Lipinski definition) is 7. The van der Waals surface area contributed by atoms with Gasteiger partial charge in [0.15, 0.2) is 11.3 Å². The molecule has 0 unspecified atom stereocenters. The van der Waals surface area contributed by atoms with E-state index in [0.717, 1.165) is 12.3 Å². The third kappa shape index (κ3) is 7.04. The standard InChI is InChI=1S/C23H24F7N7O3/c1-11-17(36-40-35-11)21(39)34-18(12-2-5-22(26,27)6-3-12)14-10-37-15(32-14)8-13(9-31-37)19(20(24)25)33-16(38)4-7-23(28,29)30/h8-10,12,18-20H,2-7H2,1H3,(H,33,38)(H,34,39)/t18-,19-/m0/s1. The predicted octanol–water partition coefficient (Wildman–Crippen LogP) is 4.48. The van der Waals surface area contributed by atoms with Crippen LogP contribution in [-0.4, -0.2) is 55.3 Å². The predicted molar refractivity (Wildman–Crippen MR) is 121 cm³/mol. The van der Waals surface area contributed by atoms with Crippen LogP contribution in [0.15, 0.2) is 23.1 Å². The van der Waals surface area contributed by atoms with Crippen molar-refractivity contribution in [2.75, 3.05) is 0 Å². The molecule has 0 radical (unpaired) electrons. The molecule has 1 aliphatic rings. The number of carbonyl (C=O) groups is 2. The SMILES string of the molecule is Cc1nonc1C(=O)N[C@H](c1cn2ncc([C@H](NC(=O)CCC(F)(F)F)C(F)F)cc2n1)C1CCC(F)(F)CC1. The van der Waals surface area contributed by atoms with Gasteiger partial charge in [-0.1, -0.05) is 5.16 Å². The zero-order valence-corrected chi connectivity index (χ0v) is 20.9. The molecule has 40 heavy (non-hydrogen) atoms. The smallest absolute Gasteiger partial charge is 0.344 e. The van der Waals surface area contributed by atoms with Crippen molar-refractivity contribution in [3.05, 3.63) is 41.1 Å². The second kappa shape index (κ2) is 11.4. The normalized spacial score (nSPS) is 17.6. The van der Waals surface area contributed by atoms with Crippen LogP contribution in [0.5, 0.6) is 0 Å². The number of amides is 2. The fraction of sp³-hybridized carbons (Fsp3) is 0.565. The van der Waals surface area contributed by atoms with E-state index in [0.29, 0.717) is 0 Å². The van der Waals surface area contributed by atoms with E-state index in [-0.39, 0.29) is 41.1 Å². The average molecular weight is 579 g/mol. The molecule has 0 bridgehead atoms. The molecule has 2 amide bonds. The van der Waals surface area contributed by atoms with Crippen LogP contribution in [0.4, 0.5) is 30.7 Å². The van der Waals surface area contributed by atoms with Crippen LogP contribution in [-0.2, 0) is 4.79 Å². The van der Waals surface area contributed by atoms with Crippen molar-refractivity contribution in [3.63, 3.8) is 0 Å². The van der Waals surface area contributed by atoms with Gasteiger partial charge in [0.1, 0.15) is 11.7 Å². The molecule has 2 atom stereocenters. The summed E-state index contributed by atoms with van der Waals surface area (Å²) in [6.07, 6.45) is -8.63. The van der Waals surface area contributed by atoms with Gasteiger partial charge in [0.05, 0.1) is 30.6 Å². The molecule has 3 aromatic heterocycles. The van der Waals surface area contributed by atoms with Gasteiger partial charge in [-0.05, 0) is 36.9 Å². The highest BCUT2D eigenvalue weighted by Crippen LogP contribution is 2.41. The summed E-state index contributed by atoms with van der Waals surface area (Å²) >= 11 is 0. The van der Waals surface area contributed by atoms with E-state index >= 15 is 0 Å². The molecule has 0 aliphatic heterocycles. The summed E-state index contributed by atoms with van der Waals surface area (Å²) in [7, 11) is 0. The first-order chi connectivity index (χ1) is 18.7. The van der Waals surface area contributed by atoms with Gasteiger partial charge in [-0.2, -0.15) is 18.3 Å². The molecule has 3 heterocycles. The lowest BCUT2D eigenvalue weighted by atomic mass is 9.81. The van der Waals surface area contributed by atoms with Crippen LogP contribution in [0.2, 0.25) is 0 Å². The Labute approximate surface area is 221 Å². The minimum absolute atomic E-state index is 0.0161. The van der Waals surface area contributed by atoms with Crippen LogP contribution in [0.3, 0.4) is 0 Å². The summed E-state index contributed by atoms with van der Waals surface area (Å²) in [5.74, 6) is -5.22. The Morgan fingerprint density at radius 2 is 1.88 bits per heavy atom. The van der Waals surface area contributed by atoms with E-state index in [9.17, 15) is 40.3 Å². The summed E-state index contributed by atoms with van der Waals surface area (Å²) in [5, 5.41) is 15.7. The number of halogens is 7. The molecule has 0 spiro atoms. The number of rotatable bonds is 9. The molecule has 218 valence electrons. The number of aromatic nitrogens is 5. The summed E-state index contributed by atoms with van der Waals surface area (Å²) in [4.78, 5) is 29.1. The maximum atomic E-state index is 13.8. The molecule has 0 aromatic carbocycles. The van der Waals surface area contributed by atoms with Crippen molar-refractivity contribution in [1.29, 1.82) is 0 Å². The van der Waals surface area contributed by atoms with Gasteiger partial charge < -0.3 is 10.6 Å². The number of alkyl halides is 7. The Balaban J connectivity index is 1.60. The molecule has 1 aliphatic carbocycles. The Kier molecular flexibility index (Phi) is 8.30. The van der Waals surface area contributed by atoms with Crippen molar-refractivity contribution in [3.8, 4) is 0 Å². The van der Waals surface area contributed by atoms with Crippen molar-refractivity contribution < 1.29 is 45.0 Å². The molecule has 1 fully saturated rings. The molecule has 10 nitrogen and oxygen atoms in total. The first-order valence-corrected chi connectivity index (χ1v) is 12.2. The third-order valence-corrected chi connectivity index (χ3v) is 6.63. The van der Waals surface area contributed by atoms with Gasteiger partial charge in [0.25, 0.3) is 12.3 Å². The second-order valence-electron chi connectivity index (χ2n) is 9.60. The van der Waals surface area contributed by atoms with E-state index in [4.69, 9.17) is 0 Å². The number of nitrogens with one attached hydrogen (secondary N) is 2. The minimum atomic E-state index is -4.63. The van der Waals surface area contributed by atoms with Crippen LogP contribution >= 0.6 is 0 Å². The average Bonchev–Trinajstić information content (AvgIpc) is 3.49. The van der Waals surface area contributed by atoms with Crippen molar-refractivity contribution in [2.45, 2.75) is 76.1 Å².